The molecule has 1 aromatic carbocycles. The third kappa shape index (κ3) is 31.7. The first-order chi connectivity index (χ1) is 30.2. The second kappa shape index (κ2) is 45.2. The molecule has 0 heterocycles. The molecule has 2 nitrogen and oxygen atoms in total. The lowest BCUT2D eigenvalue weighted by Gasteiger charge is -2.57. The van der Waals surface area contributed by atoms with Crippen LogP contribution in [-0.2, 0) is 5.66 Å². The van der Waals surface area contributed by atoms with Gasteiger partial charge in [0.2, 0.25) is 0 Å². The molecule has 4 heteroatoms. The van der Waals surface area contributed by atoms with E-state index in [0.717, 1.165) is 8.97 Å². The molecule has 64 heavy (non-hydrogen) atoms. The molecule has 0 saturated carbocycles. The summed E-state index contributed by atoms with van der Waals surface area (Å²) >= 11 is 0. The lowest BCUT2D eigenvalue weighted by Crippen LogP contribution is -3.00. The number of halogens is 2. The van der Waals surface area contributed by atoms with Gasteiger partial charge in [-0.3, -0.25) is 8.97 Å². The molecular weight excluding hydrogens is 820 g/mol. The van der Waals surface area contributed by atoms with Crippen molar-refractivity contribution in [2.45, 2.75) is 309 Å². The van der Waals surface area contributed by atoms with Crippen LogP contribution in [0.25, 0.3) is 0 Å². The highest BCUT2D eigenvalue weighted by Gasteiger charge is 2.58. The van der Waals surface area contributed by atoms with Crippen molar-refractivity contribution in [3.63, 3.8) is 0 Å². The van der Waals surface area contributed by atoms with Gasteiger partial charge in [-0.15, -0.1) is 0 Å². The molecule has 0 unspecified atom stereocenters. The van der Waals surface area contributed by atoms with Gasteiger partial charge < -0.3 is 24.8 Å². The Morgan fingerprint density at radius 2 is 0.500 bits per heavy atom. The van der Waals surface area contributed by atoms with Crippen LogP contribution in [-0.4, -0.2) is 50.2 Å². The summed E-state index contributed by atoms with van der Waals surface area (Å²) in [4.78, 5) is 0. The molecule has 0 atom stereocenters. The molecule has 1 rings (SSSR count). The first-order valence-corrected chi connectivity index (χ1v) is 28.9. The molecule has 0 amide bonds. The van der Waals surface area contributed by atoms with Crippen LogP contribution in [0.15, 0.2) is 24.3 Å². The molecule has 382 valence electrons. The summed E-state index contributed by atoms with van der Waals surface area (Å²) in [6.45, 7) is 11.8. The maximum Gasteiger partial charge on any atom is 0.251 e. The van der Waals surface area contributed by atoms with E-state index in [1.165, 1.54) is 295 Å². The normalized spacial score (nSPS) is 12.1. The van der Waals surface area contributed by atoms with Crippen LogP contribution in [0.5, 0.6) is 0 Å². The fourth-order valence-electron chi connectivity index (χ4n) is 11.3. The molecular formula is C60H118Cl2N2. The highest BCUT2D eigenvalue weighted by atomic mass is 35.5. The highest BCUT2D eigenvalue weighted by Crippen LogP contribution is 2.45. The van der Waals surface area contributed by atoms with Gasteiger partial charge in [0.15, 0.2) is 0 Å². The van der Waals surface area contributed by atoms with Gasteiger partial charge in [-0.25, -0.2) is 0 Å². The third-order valence-corrected chi connectivity index (χ3v) is 15.5. The van der Waals surface area contributed by atoms with Crippen molar-refractivity contribution in [3.05, 3.63) is 35.4 Å². The molecule has 0 fully saturated rings. The minimum Gasteiger partial charge on any atom is -1.00 e. The fraction of sp³-hybridized carbons (Fsp3) is 0.900. The Morgan fingerprint density at radius 3 is 0.734 bits per heavy atom. The molecule has 0 aliphatic heterocycles. The summed E-state index contributed by atoms with van der Waals surface area (Å²) in [5.41, 5.74) is 3.06. The SMILES string of the molecule is CCCCCCCCCCCCCCCCCC[N+](C)(C)C(CCCCCCCCCCCC)(c1ccc(C)cc1)[N+](C)(C)CCCCCCCCCCCCCCCCCC.[Cl-].[Cl-]. The number of quaternary nitrogens is 2. The zero-order chi connectivity index (χ0) is 45.3. The molecule has 0 aromatic heterocycles. The molecule has 1 aromatic rings. The van der Waals surface area contributed by atoms with E-state index >= 15 is 0 Å². The topological polar surface area (TPSA) is 0 Å². The third-order valence-electron chi connectivity index (χ3n) is 15.5. The fourth-order valence-corrected chi connectivity index (χ4v) is 11.3. The largest absolute Gasteiger partial charge is 1.00 e. The summed E-state index contributed by atoms with van der Waals surface area (Å²) in [6.07, 6.45) is 61.5. The van der Waals surface area contributed by atoms with Crippen LogP contribution in [0.3, 0.4) is 0 Å². The Bertz CT molecular complexity index is 1020. The molecule has 0 saturated heterocycles. The Hall–Kier alpha value is -0.280. The number of nitrogens with zero attached hydrogens (tertiary/aromatic N) is 2. The van der Waals surface area contributed by atoms with Crippen molar-refractivity contribution in [2.75, 3.05) is 41.3 Å². The zero-order valence-electron chi connectivity index (χ0n) is 45.3. The molecule has 0 aliphatic carbocycles. The van der Waals surface area contributed by atoms with Crippen LogP contribution >= 0.6 is 0 Å². The van der Waals surface area contributed by atoms with E-state index in [4.69, 9.17) is 0 Å². The van der Waals surface area contributed by atoms with Crippen LogP contribution in [0.1, 0.15) is 308 Å². The van der Waals surface area contributed by atoms with Crippen LogP contribution < -0.4 is 24.8 Å². The Morgan fingerprint density at radius 1 is 0.297 bits per heavy atom. The summed E-state index contributed by atoms with van der Waals surface area (Å²) in [5.74, 6) is 0. The smallest absolute Gasteiger partial charge is 0.251 e. The summed E-state index contributed by atoms with van der Waals surface area (Å²) in [7, 11) is 10.5. The minimum atomic E-state index is 0. The van der Waals surface area contributed by atoms with Crippen molar-refractivity contribution in [1.29, 1.82) is 0 Å². The van der Waals surface area contributed by atoms with Crippen LogP contribution in [0, 0.1) is 6.92 Å². The van der Waals surface area contributed by atoms with E-state index in [1.54, 1.807) is 5.56 Å². The van der Waals surface area contributed by atoms with Crippen LogP contribution in [0.4, 0.5) is 0 Å². The van der Waals surface area contributed by atoms with Crippen molar-refractivity contribution >= 4 is 0 Å². The average molecular weight is 939 g/mol. The predicted molar refractivity (Wildman–Crippen MR) is 282 cm³/mol. The maximum atomic E-state index is 2.63. The van der Waals surface area contributed by atoms with Crippen molar-refractivity contribution in [1.82, 2.24) is 0 Å². The van der Waals surface area contributed by atoms with Gasteiger partial charge in [-0.05, 0) is 51.2 Å². The van der Waals surface area contributed by atoms with Gasteiger partial charge in [-0.1, -0.05) is 276 Å². The van der Waals surface area contributed by atoms with Crippen molar-refractivity contribution in [2.24, 2.45) is 0 Å². The van der Waals surface area contributed by atoms with E-state index in [9.17, 15) is 0 Å². The second-order valence-electron chi connectivity index (χ2n) is 22.0. The van der Waals surface area contributed by atoms with Crippen molar-refractivity contribution < 1.29 is 33.8 Å². The van der Waals surface area contributed by atoms with E-state index in [1.807, 2.05) is 0 Å². The van der Waals surface area contributed by atoms with Gasteiger partial charge in [0, 0.05) is 0 Å². The number of aryl methyl sites for hydroxylation is 1. The van der Waals surface area contributed by atoms with Gasteiger partial charge >= 0.3 is 0 Å². The number of hydrogen-bond donors (Lipinski definition) is 0. The van der Waals surface area contributed by atoms with Gasteiger partial charge in [-0.2, -0.15) is 0 Å². The number of hydrogen-bond acceptors (Lipinski definition) is 0. The Balaban J connectivity index is 0. The molecule has 0 spiro atoms. The lowest BCUT2D eigenvalue weighted by molar-refractivity contribution is -1.15. The molecule has 0 radical (unpaired) electrons. The molecule has 0 bridgehead atoms. The first kappa shape index (κ1) is 65.8. The van der Waals surface area contributed by atoms with E-state index in [-0.39, 0.29) is 30.5 Å². The standard InChI is InChI=1S/C60H118N2.2ClH/c1-9-12-15-18-21-24-27-29-31-33-35-37-40-43-46-49-56-61(5,6)60(59-53-51-58(4)52-54-59,55-48-45-42-39-26-23-20-17-14-11-3)62(7,8)57-50-47-44-41-38-36-34-32-30-28-25-22-19-16-13-10-2;;/h51-54H,9-50,55-57H2,1-8H3;2*1H/q+2;;/p-2. The lowest BCUT2D eigenvalue weighted by atomic mass is 9.84. The molecule has 0 aliphatic rings. The van der Waals surface area contributed by atoms with E-state index in [2.05, 4.69) is 80.2 Å². The van der Waals surface area contributed by atoms with E-state index < -0.39 is 0 Å². The predicted octanol–water partition coefficient (Wildman–Crippen LogP) is 14.1. The summed E-state index contributed by atoms with van der Waals surface area (Å²) in [5, 5.41) is 0. The summed E-state index contributed by atoms with van der Waals surface area (Å²) in [6, 6.07) is 9.94. The summed E-state index contributed by atoms with van der Waals surface area (Å²) < 4.78 is 2.22. The van der Waals surface area contributed by atoms with Crippen LogP contribution in [0.2, 0.25) is 0 Å². The average Bonchev–Trinajstić information content (AvgIpc) is 3.25. The Kier molecular flexibility index (Phi) is 46.5. The van der Waals surface area contributed by atoms with Gasteiger partial charge in [0.1, 0.15) is 0 Å². The first-order valence-electron chi connectivity index (χ1n) is 28.9. The zero-order valence-corrected chi connectivity index (χ0v) is 46.8. The van der Waals surface area contributed by atoms with Gasteiger partial charge in [0.25, 0.3) is 5.66 Å². The number of benzene rings is 1. The molecule has 0 N–H and O–H groups in total. The van der Waals surface area contributed by atoms with Gasteiger partial charge in [0.05, 0.1) is 53.3 Å². The van der Waals surface area contributed by atoms with Crippen molar-refractivity contribution in [3.8, 4) is 0 Å². The van der Waals surface area contributed by atoms with E-state index in [0.29, 0.717) is 0 Å². The minimum absolute atomic E-state index is 0. The Labute approximate surface area is 417 Å². The number of rotatable bonds is 48. The second-order valence-corrected chi connectivity index (χ2v) is 22.0. The maximum absolute atomic E-state index is 2.63. The monoisotopic (exact) mass is 937 g/mol. The number of unbranched alkanes of at least 4 members (excludes halogenated alkanes) is 39. The quantitative estimate of drug-likeness (QED) is 0.0347. The highest BCUT2D eigenvalue weighted by molar-refractivity contribution is 5.25.